The monoisotopic (exact) mass is 199 g/mol. The maximum atomic E-state index is 12.7. The highest BCUT2D eigenvalue weighted by molar-refractivity contribution is 5.96. The number of aliphatic hydroxyl groups is 1. The lowest BCUT2D eigenvalue weighted by atomic mass is 10.2. The smallest absolute Gasteiger partial charge is 0.255 e. The third kappa shape index (κ3) is 2.43. The van der Waals surface area contributed by atoms with Gasteiger partial charge in [0.2, 0.25) is 0 Å². The molecule has 0 fully saturated rings. The van der Waals surface area contributed by atoms with Gasteiger partial charge in [0.1, 0.15) is 11.6 Å². The number of nitrogens with one attached hydrogen (secondary N) is 1. The van der Waals surface area contributed by atoms with E-state index in [9.17, 15) is 14.3 Å². The number of rotatable bonds is 3. The first kappa shape index (κ1) is 10.5. The van der Waals surface area contributed by atoms with Gasteiger partial charge < -0.3 is 15.5 Å². The molecule has 0 aliphatic rings. The molecule has 0 bridgehead atoms. The molecule has 0 heterocycles. The summed E-state index contributed by atoms with van der Waals surface area (Å²) in [6, 6.07) is 3.09. The zero-order valence-corrected chi connectivity index (χ0v) is 7.33. The van der Waals surface area contributed by atoms with Crippen LogP contribution in [0.4, 0.5) is 4.39 Å². The lowest BCUT2D eigenvalue weighted by molar-refractivity contribution is 0.0941. The Hall–Kier alpha value is -1.62. The lowest BCUT2D eigenvalue weighted by Gasteiger charge is -2.04. The van der Waals surface area contributed by atoms with Crippen LogP contribution in [-0.4, -0.2) is 29.3 Å². The molecular weight excluding hydrogens is 189 g/mol. The van der Waals surface area contributed by atoms with E-state index in [1.165, 1.54) is 0 Å². The van der Waals surface area contributed by atoms with Gasteiger partial charge in [0.05, 0.1) is 12.2 Å². The van der Waals surface area contributed by atoms with Crippen molar-refractivity contribution in [3.05, 3.63) is 29.6 Å². The molecule has 4 nitrogen and oxygen atoms in total. The second-order valence-corrected chi connectivity index (χ2v) is 2.64. The van der Waals surface area contributed by atoms with E-state index in [0.29, 0.717) is 0 Å². The van der Waals surface area contributed by atoms with Crippen LogP contribution in [0, 0.1) is 5.82 Å². The Morgan fingerprint density at radius 2 is 2.21 bits per heavy atom. The van der Waals surface area contributed by atoms with Crippen LogP contribution >= 0.6 is 0 Å². The van der Waals surface area contributed by atoms with Crippen molar-refractivity contribution in [3.8, 4) is 5.75 Å². The normalized spacial score (nSPS) is 9.86. The molecule has 1 aromatic carbocycles. The van der Waals surface area contributed by atoms with Crippen molar-refractivity contribution >= 4 is 5.91 Å². The van der Waals surface area contributed by atoms with E-state index in [1.807, 2.05) is 0 Å². The maximum Gasteiger partial charge on any atom is 0.255 e. The molecule has 5 heteroatoms. The predicted molar refractivity (Wildman–Crippen MR) is 47.5 cm³/mol. The summed E-state index contributed by atoms with van der Waals surface area (Å²) in [5.74, 6) is -1.50. The highest BCUT2D eigenvalue weighted by atomic mass is 19.1. The molecule has 3 N–H and O–H groups in total. The third-order valence-corrected chi connectivity index (χ3v) is 1.60. The summed E-state index contributed by atoms with van der Waals surface area (Å²) in [7, 11) is 0. The largest absolute Gasteiger partial charge is 0.507 e. The third-order valence-electron chi connectivity index (χ3n) is 1.60. The minimum absolute atomic E-state index is 0.0643. The fraction of sp³-hybridized carbons (Fsp3) is 0.222. The highest BCUT2D eigenvalue weighted by Gasteiger charge is 2.10. The van der Waals surface area contributed by atoms with Crippen molar-refractivity contribution < 1.29 is 19.4 Å². The quantitative estimate of drug-likeness (QED) is 0.653. The first-order valence-electron chi connectivity index (χ1n) is 4.02. The fourth-order valence-corrected chi connectivity index (χ4v) is 0.955. The molecule has 0 radical (unpaired) electrons. The summed E-state index contributed by atoms with van der Waals surface area (Å²) < 4.78 is 12.7. The molecular formula is C9H10FNO3. The molecule has 0 saturated carbocycles. The number of aliphatic hydroxyl groups excluding tert-OH is 1. The van der Waals surface area contributed by atoms with Gasteiger partial charge in [-0.15, -0.1) is 0 Å². The van der Waals surface area contributed by atoms with Crippen LogP contribution in [0.15, 0.2) is 18.2 Å². The number of benzene rings is 1. The molecule has 0 aliphatic heterocycles. The first-order chi connectivity index (χ1) is 6.65. The molecule has 0 spiro atoms. The standard InChI is InChI=1S/C9H10FNO3/c10-6-1-2-8(13)7(5-6)9(14)11-3-4-12/h1-2,5,12-13H,3-4H2,(H,11,14). The van der Waals surface area contributed by atoms with Gasteiger partial charge in [-0.2, -0.15) is 0 Å². The van der Waals surface area contributed by atoms with Crippen LogP contribution in [-0.2, 0) is 0 Å². The SMILES string of the molecule is O=C(NCCO)c1cc(F)ccc1O. The summed E-state index contributed by atoms with van der Waals surface area (Å²) in [5, 5.41) is 20.0. The van der Waals surface area contributed by atoms with Crippen molar-refractivity contribution in [2.45, 2.75) is 0 Å². The second kappa shape index (κ2) is 4.57. The fourth-order valence-electron chi connectivity index (χ4n) is 0.955. The Bertz CT molecular complexity index is 341. The van der Waals surface area contributed by atoms with Crippen LogP contribution in [0.5, 0.6) is 5.75 Å². The topological polar surface area (TPSA) is 69.6 Å². The minimum atomic E-state index is -0.615. The number of phenols is 1. The molecule has 0 aromatic heterocycles. The zero-order valence-electron chi connectivity index (χ0n) is 7.33. The molecule has 1 amide bonds. The van der Waals surface area contributed by atoms with Crippen molar-refractivity contribution in [1.29, 1.82) is 0 Å². The molecule has 14 heavy (non-hydrogen) atoms. The number of carbonyl (C=O) groups is 1. The average Bonchev–Trinajstić information content (AvgIpc) is 2.18. The van der Waals surface area contributed by atoms with Gasteiger partial charge in [-0.1, -0.05) is 0 Å². The summed E-state index contributed by atoms with van der Waals surface area (Å²) in [4.78, 5) is 11.2. The van der Waals surface area contributed by atoms with E-state index < -0.39 is 11.7 Å². The molecule has 1 aromatic rings. The molecule has 1 rings (SSSR count). The van der Waals surface area contributed by atoms with E-state index in [-0.39, 0.29) is 24.5 Å². The zero-order chi connectivity index (χ0) is 10.6. The van der Waals surface area contributed by atoms with Crippen LogP contribution in [0.3, 0.4) is 0 Å². The summed E-state index contributed by atoms with van der Waals surface area (Å²) in [5.41, 5.74) is -0.140. The molecule has 0 unspecified atom stereocenters. The Morgan fingerprint density at radius 3 is 2.86 bits per heavy atom. The van der Waals surface area contributed by atoms with Crippen molar-refractivity contribution in [1.82, 2.24) is 5.32 Å². The Kier molecular flexibility index (Phi) is 3.41. The van der Waals surface area contributed by atoms with Gasteiger partial charge in [-0.25, -0.2) is 4.39 Å². The van der Waals surface area contributed by atoms with E-state index in [2.05, 4.69) is 5.32 Å². The van der Waals surface area contributed by atoms with Crippen LogP contribution in [0.1, 0.15) is 10.4 Å². The van der Waals surface area contributed by atoms with Crippen LogP contribution < -0.4 is 5.32 Å². The van der Waals surface area contributed by atoms with Gasteiger partial charge in [0.25, 0.3) is 5.91 Å². The molecule has 0 saturated heterocycles. The van der Waals surface area contributed by atoms with Gasteiger partial charge in [-0.05, 0) is 18.2 Å². The second-order valence-electron chi connectivity index (χ2n) is 2.64. The average molecular weight is 199 g/mol. The molecule has 0 atom stereocenters. The van der Waals surface area contributed by atoms with Gasteiger partial charge in [0.15, 0.2) is 0 Å². The number of phenolic OH excluding ortho intramolecular Hbond substituents is 1. The Labute approximate surface area is 80.0 Å². The van der Waals surface area contributed by atoms with Gasteiger partial charge >= 0.3 is 0 Å². The number of amides is 1. The number of hydrogen-bond donors (Lipinski definition) is 3. The Morgan fingerprint density at radius 1 is 1.50 bits per heavy atom. The van der Waals surface area contributed by atoms with Crippen LogP contribution in [0.2, 0.25) is 0 Å². The van der Waals surface area contributed by atoms with Gasteiger partial charge in [0, 0.05) is 6.54 Å². The highest BCUT2D eigenvalue weighted by Crippen LogP contribution is 2.17. The van der Waals surface area contributed by atoms with Crippen molar-refractivity contribution in [2.24, 2.45) is 0 Å². The first-order valence-corrected chi connectivity index (χ1v) is 4.02. The van der Waals surface area contributed by atoms with E-state index >= 15 is 0 Å². The van der Waals surface area contributed by atoms with Crippen molar-refractivity contribution in [3.63, 3.8) is 0 Å². The number of carbonyl (C=O) groups excluding carboxylic acids is 1. The molecule has 76 valence electrons. The number of halogens is 1. The molecule has 0 aliphatic carbocycles. The van der Waals surface area contributed by atoms with Crippen LogP contribution in [0.25, 0.3) is 0 Å². The summed E-state index contributed by atoms with van der Waals surface area (Å²) in [6.07, 6.45) is 0. The minimum Gasteiger partial charge on any atom is -0.507 e. The van der Waals surface area contributed by atoms with Gasteiger partial charge in [-0.3, -0.25) is 4.79 Å². The predicted octanol–water partition coefficient (Wildman–Crippen LogP) is 0.253. The number of aromatic hydroxyl groups is 1. The summed E-state index contributed by atoms with van der Waals surface area (Å²) in [6.45, 7) is -0.142. The van der Waals surface area contributed by atoms with E-state index in [1.54, 1.807) is 0 Å². The maximum absolute atomic E-state index is 12.7. The van der Waals surface area contributed by atoms with E-state index in [4.69, 9.17) is 5.11 Å². The Balaban J connectivity index is 2.83. The van der Waals surface area contributed by atoms with Crippen molar-refractivity contribution in [2.75, 3.05) is 13.2 Å². The summed E-state index contributed by atoms with van der Waals surface area (Å²) >= 11 is 0. The lowest BCUT2D eigenvalue weighted by Crippen LogP contribution is -2.26. The number of hydrogen-bond acceptors (Lipinski definition) is 3. The van der Waals surface area contributed by atoms with E-state index in [0.717, 1.165) is 18.2 Å².